The number of hydrogen-bond acceptors (Lipinski definition) is 5. The number of hydrogen-bond donors (Lipinski definition) is 2. The van der Waals surface area contributed by atoms with Crippen LogP contribution in [0.3, 0.4) is 0 Å². The van der Waals surface area contributed by atoms with Crippen LogP contribution < -0.4 is 11.1 Å². The highest BCUT2D eigenvalue weighted by Crippen LogP contribution is 2.21. The van der Waals surface area contributed by atoms with E-state index < -0.39 is 16.1 Å². The summed E-state index contributed by atoms with van der Waals surface area (Å²) < 4.78 is 25.9. The van der Waals surface area contributed by atoms with E-state index in [4.69, 9.17) is 5.73 Å². The van der Waals surface area contributed by atoms with Gasteiger partial charge in [-0.2, -0.15) is 0 Å². The Morgan fingerprint density at radius 1 is 1.36 bits per heavy atom. The first kappa shape index (κ1) is 19.2. The maximum Gasteiger partial charge on any atom is 0.331 e. The highest BCUT2D eigenvalue weighted by molar-refractivity contribution is 7.89. The van der Waals surface area contributed by atoms with Gasteiger partial charge in [0.15, 0.2) is 0 Å². The molecule has 1 saturated heterocycles. The van der Waals surface area contributed by atoms with Gasteiger partial charge >= 0.3 is 6.03 Å². The molecule has 2 amide bonds. The summed E-state index contributed by atoms with van der Waals surface area (Å²) >= 11 is 0. The zero-order valence-electron chi connectivity index (χ0n) is 13.9. The monoisotopic (exact) mass is 334 g/mol. The average Bonchev–Trinajstić information content (AvgIpc) is 2.45. The fourth-order valence-electron chi connectivity index (χ4n) is 2.71. The quantitative estimate of drug-likeness (QED) is 0.709. The predicted molar refractivity (Wildman–Crippen MR) is 88.1 cm³/mol. The Kier molecular flexibility index (Phi) is 7.58. The number of rotatable bonds is 7. The molecule has 1 heterocycles. The van der Waals surface area contributed by atoms with Crippen molar-refractivity contribution in [2.75, 3.05) is 31.9 Å². The lowest BCUT2D eigenvalue weighted by Crippen LogP contribution is -2.54. The van der Waals surface area contributed by atoms with Gasteiger partial charge < -0.3 is 16.0 Å². The second kappa shape index (κ2) is 8.69. The highest BCUT2D eigenvalue weighted by atomic mass is 32.2. The van der Waals surface area contributed by atoms with Crippen LogP contribution in [0.1, 0.15) is 40.0 Å². The number of nitrogens with two attached hydrogens (primary N) is 1. The number of nitrogens with zero attached hydrogens (tertiary/aromatic N) is 2. The number of carbonyl (C=O) groups is 1. The van der Waals surface area contributed by atoms with E-state index in [9.17, 15) is 13.2 Å². The minimum atomic E-state index is -3.66. The standard InChI is InChI=1S/C14H30N4O3S/c1-4-8-16-14(19)18(22(20,21)11-7-15)13-5-9-17(10-6-13)12(2)3/h12-13H,4-11,15H2,1-3H3,(H,16,19). The third kappa shape index (κ3) is 5.10. The Labute approximate surface area is 134 Å². The Hall–Kier alpha value is -0.860. The van der Waals surface area contributed by atoms with E-state index in [0.29, 0.717) is 25.4 Å². The Balaban J connectivity index is 2.85. The molecule has 0 aliphatic carbocycles. The first-order valence-electron chi connectivity index (χ1n) is 8.07. The molecule has 1 rings (SSSR count). The minimum absolute atomic E-state index is 0.0186. The molecule has 0 radical (unpaired) electrons. The average molecular weight is 334 g/mol. The van der Waals surface area contributed by atoms with Gasteiger partial charge in [-0.1, -0.05) is 6.92 Å². The lowest BCUT2D eigenvalue weighted by Gasteiger charge is -2.39. The van der Waals surface area contributed by atoms with Crippen LogP contribution in [-0.4, -0.2) is 67.7 Å². The summed E-state index contributed by atoms with van der Waals surface area (Å²) in [5.41, 5.74) is 5.40. The van der Waals surface area contributed by atoms with Crippen molar-refractivity contribution in [3.63, 3.8) is 0 Å². The molecule has 0 atom stereocenters. The molecule has 0 aromatic rings. The molecule has 3 N–H and O–H groups in total. The van der Waals surface area contributed by atoms with E-state index in [1.807, 2.05) is 6.92 Å². The molecule has 0 aromatic heterocycles. The molecule has 0 spiro atoms. The predicted octanol–water partition coefficient (Wildman–Crippen LogP) is 0.569. The van der Waals surface area contributed by atoms with E-state index in [1.54, 1.807) is 0 Å². The molecule has 22 heavy (non-hydrogen) atoms. The molecule has 0 bridgehead atoms. The van der Waals surface area contributed by atoms with E-state index in [0.717, 1.165) is 23.8 Å². The van der Waals surface area contributed by atoms with Crippen LogP contribution in [0.4, 0.5) is 4.79 Å². The first-order chi connectivity index (χ1) is 10.3. The lowest BCUT2D eigenvalue weighted by molar-refractivity contribution is 0.136. The van der Waals surface area contributed by atoms with Crippen molar-refractivity contribution in [1.29, 1.82) is 0 Å². The number of piperidine rings is 1. The van der Waals surface area contributed by atoms with Crippen LogP contribution in [0.25, 0.3) is 0 Å². The van der Waals surface area contributed by atoms with Gasteiger partial charge in [0.05, 0.1) is 11.8 Å². The van der Waals surface area contributed by atoms with Gasteiger partial charge in [-0.25, -0.2) is 17.5 Å². The molecule has 8 heteroatoms. The largest absolute Gasteiger partial charge is 0.337 e. The number of sulfonamides is 1. The Morgan fingerprint density at radius 3 is 2.41 bits per heavy atom. The topological polar surface area (TPSA) is 95.7 Å². The summed E-state index contributed by atoms with van der Waals surface area (Å²) in [6.07, 6.45) is 2.10. The second-order valence-corrected chi connectivity index (χ2v) is 7.96. The lowest BCUT2D eigenvalue weighted by atomic mass is 10.0. The normalized spacial score (nSPS) is 17.7. The number of carbonyl (C=O) groups excluding carboxylic acids is 1. The number of likely N-dealkylation sites (tertiary alicyclic amines) is 1. The molecule has 1 aliphatic rings. The van der Waals surface area contributed by atoms with Crippen LogP contribution >= 0.6 is 0 Å². The Morgan fingerprint density at radius 2 is 1.95 bits per heavy atom. The van der Waals surface area contributed by atoms with Crippen LogP contribution in [-0.2, 0) is 10.0 Å². The summed E-state index contributed by atoms with van der Waals surface area (Å²) in [7, 11) is -3.66. The molecule has 1 aliphatic heterocycles. The summed E-state index contributed by atoms with van der Waals surface area (Å²) in [6, 6.07) is -0.356. The van der Waals surface area contributed by atoms with Gasteiger partial charge in [-0.05, 0) is 33.1 Å². The second-order valence-electron chi connectivity index (χ2n) is 5.99. The summed E-state index contributed by atoms with van der Waals surface area (Å²) in [5, 5.41) is 2.68. The molecule has 0 saturated carbocycles. The van der Waals surface area contributed by atoms with Gasteiger partial charge in [-0.3, -0.25) is 0 Å². The summed E-state index contributed by atoms with van der Waals surface area (Å²) in [6.45, 7) is 8.27. The van der Waals surface area contributed by atoms with Crippen molar-refractivity contribution in [2.45, 2.75) is 52.1 Å². The van der Waals surface area contributed by atoms with Gasteiger partial charge in [0.1, 0.15) is 0 Å². The van der Waals surface area contributed by atoms with E-state index >= 15 is 0 Å². The fourth-order valence-corrected chi connectivity index (χ4v) is 4.19. The maximum atomic E-state index is 12.4. The number of amides is 2. The zero-order valence-corrected chi connectivity index (χ0v) is 14.7. The Bertz CT molecular complexity index is 445. The van der Waals surface area contributed by atoms with E-state index in [1.165, 1.54) is 0 Å². The summed E-state index contributed by atoms with van der Waals surface area (Å²) in [4.78, 5) is 14.6. The zero-order chi connectivity index (χ0) is 16.8. The number of urea groups is 1. The van der Waals surface area contributed by atoms with Crippen molar-refractivity contribution in [3.8, 4) is 0 Å². The van der Waals surface area contributed by atoms with Crippen LogP contribution in [0, 0.1) is 0 Å². The SMILES string of the molecule is CCCNC(=O)N(C1CCN(C(C)C)CC1)S(=O)(=O)CCN. The van der Waals surface area contributed by atoms with Crippen molar-refractivity contribution in [1.82, 2.24) is 14.5 Å². The van der Waals surface area contributed by atoms with Gasteiger partial charge in [0.25, 0.3) is 0 Å². The van der Waals surface area contributed by atoms with Crippen molar-refractivity contribution in [2.24, 2.45) is 5.73 Å². The molecule has 1 fully saturated rings. The first-order valence-corrected chi connectivity index (χ1v) is 9.68. The van der Waals surface area contributed by atoms with E-state index in [2.05, 4.69) is 24.1 Å². The summed E-state index contributed by atoms with van der Waals surface area (Å²) in [5.74, 6) is -0.197. The van der Waals surface area contributed by atoms with Gasteiger partial charge in [0, 0.05) is 32.2 Å². The van der Waals surface area contributed by atoms with Crippen LogP contribution in [0.2, 0.25) is 0 Å². The van der Waals surface area contributed by atoms with Crippen LogP contribution in [0.15, 0.2) is 0 Å². The fraction of sp³-hybridized carbons (Fsp3) is 0.929. The van der Waals surface area contributed by atoms with Gasteiger partial charge in [-0.15, -0.1) is 0 Å². The molecule has 0 unspecified atom stereocenters. The smallest absolute Gasteiger partial charge is 0.331 e. The molecule has 130 valence electrons. The molecule has 0 aromatic carbocycles. The third-order valence-corrected chi connectivity index (χ3v) is 5.78. The van der Waals surface area contributed by atoms with E-state index in [-0.39, 0.29) is 18.3 Å². The minimum Gasteiger partial charge on any atom is -0.337 e. The molecule has 7 nitrogen and oxygen atoms in total. The van der Waals surface area contributed by atoms with Crippen LogP contribution in [0.5, 0.6) is 0 Å². The van der Waals surface area contributed by atoms with Gasteiger partial charge in [0.2, 0.25) is 10.0 Å². The van der Waals surface area contributed by atoms with Crippen molar-refractivity contribution in [3.05, 3.63) is 0 Å². The molecular formula is C14H30N4O3S. The number of nitrogens with one attached hydrogen (secondary N) is 1. The maximum absolute atomic E-state index is 12.4. The highest BCUT2D eigenvalue weighted by Gasteiger charge is 2.36. The van der Waals surface area contributed by atoms with Crippen molar-refractivity contribution >= 4 is 16.1 Å². The van der Waals surface area contributed by atoms with Crippen molar-refractivity contribution < 1.29 is 13.2 Å². The third-order valence-electron chi connectivity index (χ3n) is 3.96. The molecular weight excluding hydrogens is 304 g/mol.